The van der Waals surface area contributed by atoms with Gasteiger partial charge in [0.2, 0.25) is 5.91 Å². The molecule has 10 heteroatoms. The molecule has 1 amide bonds. The van der Waals surface area contributed by atoms with Crippen LogP contribution in [0.1, 0.15) is 16.1 Å². The van der Waals surface area contributed by atoms with Gasteiger partial charge in [-0.1, -0.05) is 23.9 Å². The minimum Gasteiger partial charge on any atom is -0.486 e. The summed E-state index contributed by atoms with van der Waals surface area (Å²) in [4.78, 5) is 41.9. The number of H-pyrrole nitrogens is 1. The third-order valence-electron chi connectivity index (χ3n) is 3.91. The number of nitrogens with zero attached hydrogens (tertiary/aromatic N) is 1. The van der Waals surface area contributed by atoms with Crippen molar-refractivity contribution in [2.24, 2.45) is 0 Å². The molecule has 9 nitrogen and oxygen atoms in total. The van der Waals surface area contributed by atoms with Gasteiger partial charge in [-0.2, -0.15) is 4.98 Å². The first-order chi connectivity index (χ1) is 13.5. The van der Waals surface area contributed by atoms with E-state index in [1.807, 2.05) is 18.2 Å². The summed E-state index contributed by atoms with van der Waals surface area (Å²) in [5.74, 6) is 0.364. The van der Waals surface area contributed by atoms with Gasteiger partial charge in [-0.3, -0.25) is 4.79 Å². The van der Waals surface area contributed by atoms with Crippen LogP contribution in [0.4, 0.5) is 0 Å². The molecule has 0 fully saturated rings. The molecule has 2 aromatic rings. The number of hydrogen-bond donors (Lipinski definition) is 2. The van der Waals surface area contributed by atoms with Gasteiger partial charge in [0.25, 0.3) is 0 Å². The van der Waals surface area contributed by atoms with Crippen LogP contribution in [0.15, 0.2) is 34.1 Å². The van der Waals surface area contributed by atoms with Gasteiger partial charge < -0.3 is 24.5 Å². The predicted octanol–water partition coefficient (Wildman–Crippen LogP) is 0.913. The SMILES string of the molecule is COC(=O)c1c(SCC(=O)NC[C@H]2COc3ccccc3O2)nc(=O)[nH]c1C. The zero-order valence-electron chi connectivity index (χ0n) is 15.3. The van der Waals surface area contributed by atoms with Crippen LogP contribution >= 0.6 is 11.8 Å². The summed E-state index contributed by atoms with van der Waals surface area (Å²) in [7, 11) is 1.23. The van der Waals surface area contributed by atoms with Crippen LogP contribution in [-0.2, 0) is 9.53 Å². The molecular formula is C18H19N3O6S. The van der Waals surface area contributed by atoms with Crippen molar-refractivity contribution in [3.05, 3.63) is 46.0 Å². The maximum Gasteiger partial charge on any atom is 0.346 e. The molecule has 1 atom stereocenters. The lowest BCUT2D eigenvalue weighted by atomic mass is 10.2. The molecule has 148 valence electrons. The van der Waals surface area contributed by atoms with Gasteiger partial charge in [0.15, 0.2) is 11.5 Å². The molecule has 1 aliphatic rings. The van der Waals surface area contributed by atoms with Gasteiger partial charge in [-0.15, -0.1) is 0 Å². The molecular weight excluding hydrogens is 386 g/mol. The molecule has 0 bridgehead atoms. The van der Waals surface area contributed by atoms with Crippen molar-refractivity contribution in [2.75, 3.05) is 26.0 Å². The van der Waals surface area contributed by atoms with E-state index in [1.165, 1.54) is 7.11 Å². The van der Waals surface area contributed by atoms with E-state index in [4.69, 9.17) is 14.2 Å². The smallest absolute Gasteiger partial charge is 0.346 e. The fourth-order valence-corrected chi connectivity index (χ4v) is 3.48. The number of esters is 1. The molecule has 2 heterocycles. The number of aromatic nitrogens is 2. The third-order valence-corrected chi connectivity index (χ3v) is 4.89. The summed E-state index contributed by atoms with van der Waals surface area (Å²) in [6.07, 6.45) is -0.311. The monoisotopic (exact) mass is 405 g/mol. The molecule has 0 saturated heterocycles. The molecule has 0 aliphatic carbocycles. The Morgan fingerprint density at radius 3 is 2.86 bits per heavy atom. The van der Waals surface area contributed by atoms with Crippen molar-refractivity contribution in [3.8, 4) is 11.5 Å². The van der Waals surface area contributed by atoms with Gasteiger partial charge in [-0.25, -0.2) is 9.59 Å². The number of rotatable bonds is 6. The molecule has 1 aromatic carbocycles. The summed E-state index contributed by atoms with van der Waals surface area (Å²) < 4.78 is 16.1. The Morgan fingerprint density at radius 1 is 1.36 bits per heavy atom. The number of amides is 1. The van der Waals surface area contributed by atoms with E-state index < -0.39 is 11.7 Å². The van der Waals surface area contributed by atoms with Crippen LogP contribution in [0.3, 0.4) is 0 Å². The van der Waals surface area contributed by atoms with E-state index in [0.717, 1.165) is 11.8 Å². The predicted molar refractivity (Wildman–Crippen MR) is 101 cm³/mol. The van der Waals surface area contributed by atoms with Crippen LogP contribution in [0.2, 0.25) is 0 Å². The molecule has 0 saturated carbocycles. The van der Waals surface area contributed by atoms with Crippen molar-refractivity contribution in [1.29, 1.82) is 0 Å². The van der Waals surface area contributed by atoms with E-state index in [-0.39, 0.29) is 34.9 Å². The van der Waals surface area contributed by atoms with Crippen LogP contribution < -0.4 is 20.5 Å². The third kappa shape index (κ3) is 4.63. The molecule has 1 aliphatic heterocycles. The lowest BCUT2D eigenvalue weighted by Gasteiger charge is -2.26. The topological polar surface area (TPSA) is 120 Å². The maximum atomic E-state index is 12.2. The first-order valence-corrected chi connectivity index (χ1v) is 9.43. The number of aromatic amines is 1. The summed E-state index contributed by atoms with van der Waals surface area (Å²) in [5, 5.41) is 2.90. The zero-order chi connectivity index (χ0) is 20.1. The quantitative estimate of drug-likeness (QED) is 0.414. The zero-order valence-corrected chi connectivity index (χ0v) is 16.1. The van der Waals surface area contributed by atoms with Crippen molar-refractivity contribution < 1.29 is 23.8 Å². The van der Waals surface area contributed by atoms with Gasteiger partial charge in [0.05, 0.1) is 19.4 Å². The number of benzene rings is 1. The Morgan fingerprint density at radius 2 is 2.11 bits per heavy atom. The first-order valence-electron chi connectivity index (χ1n) is 8.45. The normalized spacial score (nSPS) is 15.0. The Bertz CT molecular complexity index is 945. The van der Waals surface area contributed by atoms with E-state index in [1.54, 1.807) is 13.0 Å². The van der Waals surface area contributed by atoms with Crippen molar-refractivity contribution in [2.45, 2.75) is 18.1 Å². The number of nitrogens with one attached hydrogen (secondary N) is 2. The highest BCUT2D eigenvalue weighted by molar-refractivity contribution is 8.00. The minimum atomic E-state index is -0.629. The number of carbonyl (C=O) groups excluding carboxylic acids is 2. The maximum absolute atomic E-state index is 12.2. The average molecular weight is 405 g/mol. The highest BCUT2D eigenvalue weighted by Crippen LogP contribution is 2.30. The summed E-state index contributed by atoms with van der Waals surface area (Å²) >= 11 is 0.986. The summed E-state index contributed by atoms with van der Waals surface area (Å²) in [6, 6.07) is 7.31. The second kappa shape index (κ2) is 8.79. The number of para-hydroxylation sites is 2. The van der Waals surface area contributed by atoms with E-state index in [2.05, 4.69) is 15.3 Å². The lowest BCUT2D eigenvalue weighted by Crippen LogP contribution is -2.41. The summed E-state index contributed by atoms with van der Waals surface area (Å²) in [5.41, 5.74) is -0.124. The van der Waals surface area contributed by atoms with Gasteiger partial charge in [0.1, 0.15) is 23.3 Å². The number of carbonyl (C=O) groups is 2. The van der Waals surface area contributed by atoms with Crippen molar-refractivity contribution >= 4 is 23.6 Å². The Hall–Kier alpha value is -3.01. The molecule has 0 spiro atoms. The second-order valence-corrected chi connectivity index (χ2v) is 6.89. The van der Waals surface area contributed by atoms with Crippen LogP contribution in [0, 0.1) is 6.92 Å². The minimum absolute atomic E-state index is 0.0238. The van der Waals surface area contributed by atoms with Gasteiger partial charge in [-0.05, 0) is 19.1 Å². The summed E-state index contributed by atoms with van der Waals surface area (Å²) in [6.45, 7) is 2.16. The largest absolute Gasteiger partial charge is 0.486 e. The standard InChI is InChI=1S/C18H19N3O6S/c1-10-15(17(23)25-2)16(21-18(24)20-10)28-9-14(22)19-7-11-8-26-12-5-3-4-6-13(12)27-11/h3-6,11H,7-9H2,1-2H3,(H,19,22)(H,20,21,24)/t11-/m0/s1. The number of ether oxygens (including phenoxy) is 3. The van der Waals surface area contributed by atoms with Crippen molar-refractivity contribution in [1.82, 2.24) is 15.3 Å². The number of hydrogen-bond acceptors (Lipinski definition) is 8. The number of aryl methyl sites for hydroxylation is 1. The van der Waals surface area contributed by atoms with E-state index in [0.29, 0.717) is 23.8 Å². The highest BCUT2D eigenvalue weighted by atomic mass is 32.2. The Labute approximate surface area is 164 Å². The molecule has 0 radical (unpaired) electrons. The van der Waals surface area contributed by atoms with E-state index in [9.17, 15) is 14.4 Å². The first kappa shape index (κ1) is 19.7. The van der Waals surface area contributed by atoms with Crippen LogP contribution in [-0.4, -0.2) is 54.0 Å². The average Bonchev–Trinajstić information content (AvgIpc) is 2.69. The van der Waals surface area contributed by atoms with Crippen LogP contribution in [0.25, 0.3) is 0 Å². The molecule has 0 unspecified atom stereocenters. The molecule has 1 aromatic heterocycles. The fourth-order valence-electron chi connectivity index (χ4n) is 2.58. The number of fused-ring (bicyclic) bond motifs is 1. The van der Waals surface area contributed by atoms with E-state index >= 15 is 0 Å². The molecule has 28 heavy (non-hydrogen) atoms. The molecule has 3 rings (SSSR count). The Balaban J connectivity index is 1.55. The molecule has 2 N–H and O–H groups in total. The lowest BCUT2D eigenvalue weighted by molar-refractivity contribution is -0.119. The second-order valence-electron chi connectivity index (χ2n) is 5.93. The highest BCUT2D eigenvalue weighted by Gasteiger charge is 2.22. The number of thioether (sulfide) groups is 1. The fraction of sp³-hybridized carbons (Fsp3) is 0.333. The van der Waals surface area contributed by atoms with Crippen LogP contribution in [0.5, 0.6) is 11.5 Å². The van der Waals surface area contributed by atoms with Crippen molar-refractivity contribution in [3.63, 3.8) is 0 Å². The van der Waals surface area contributed by atoms with Gasteiger partial charge >= 0.3 is 11.7 Å². The number of methoxy groups -OCH3 is 1. The van der Waals surface area contributed by atoms with Gasteiger partial charge in [0, 0.05) is 5.69 Å². The Kier molecular flexibility index (Phi) is 6.19.